The molecule has 0 atom stereocenters. The molecule has 0 N–H and O–H groups in total. The van der Waals surface area contributed by atoms with Crippen molar-refractivity contribution in [3.63, 3.8) is 0 Å². The minimum atomic E-state index is 0. The Hall–Kier alpha value is 1.74. The molecule has 0 heterocycles. The molecule has 0 rings (SSSR count). The molecule has 10 heavy (non-hydrogen) atoms. The predicted molar refractivity (Wildman–Crippen MR) is 38.8 cm³/mol. The summed E-state index contributed by atoms with van der Waals surface area (Å²) in [6, 6.07) is 0. The molecule has 0 aromatic carbocycles. The average molecular weight is 188 g/mol. The Bertz CT molecular complexity index is 98.4. The van der Waals surface area contributed by atoms with Crippen LogP contribution in [0.4, 0.5) is 0 Å². The third-order valence-corrected chi connectivity index (χ3v) is 0.718. The van der Waals surface area contributed by atoms with E-state index in [1.165, 1.54) is 0 Å². The first-order valence-corrected chi connectivity index (χ1v) is 2.82. The summed E-state index contributed by atoms with van der Waals surface area (Å²) in [5, 5.41) is 0. The van der Waals surface area contributed by atoms with Crippen molar-refractivity contribution in [2.24, 2.45) is 0 Å². The van der Waals surface area contributed by atoms with Crippen molar-refractivity contribution in [3.05, 3.63) is 36.5 Å². The van der Waals surface area contributed by atoms with E-state index in [9.17, 15) is 0 Å². The number of hydrogen-bond donors (Lipinski definition) is 0. The van der Waals surface area contributed by atoms with Gasteiger partial charge in [-0.2, -0.15) is 0 Å². The van der Waals surface area contributed by atoms with E-state index in [-0.39, 0.29) is 75.5 Å². The minimum Gasteiger partial charge on any atom is -0.0877 e. The van der Waals surface area contributed by atoms with Gasteiger partial charge in [0.25, 0.3) is 0 Å². The monoisotopic (exact) mass is 188 g/mol. The van der Waals surface area contributed by atoms with Crippen molar-refractivity contribution in [1.82, 2.24) is 0 Å². The van der Waals surface area contributed by atoms with Crippen molar-refractivity contribution in [1.29, 1.82) is 0 Å². The van der Waals surface area contributed by atoms with Gasteiger partial charge < -0.3 is 0 Å². The molecule has 0 aliphatic heterocycles. The van der Waals surface area contributed by atoms with Gasteiger partial charge in [0.2, 0.25) is 0 Å². The second-order valence-corrected chi connectivity index (χ2v) is 1.44. The molecule has 0 bridgehead atoms. The number of allylic oxidation sites excluding steroid dienone is 6. The van der Waals surface area contributed by atoms with Crippen LogP contribution in [0.3, 0.4) is 0 Å². The van der Waals surface area contributed by atoms with E-state index in [1.807, 2.05) is 50.3 Å². The summed E-state index contributed by atoms with van der Waals surface area (Å²) >= 11 is 0. The smallest absolute Gasteiger partial charge is 0 e. The molecule has 0 nitrogen and oxygen atoms in total. The topological polar surface area (TPSA) is 0 Å². The molecule has 0 amide bonds. The van der Waals surface area contributed by atoms with Gasteiger partial charge >= 0.3 is 0 Å². The number of rotatable bonds is 2. The standard InChI is InChI=1S/C8H12.2Ar/c1-3-5-7-8-6-4-2;;/h3-8H,1-2H3;;/b5-3-,6-4-,8-7+;;. The van der Waals surface area contributed by atoms with E-state index in [2.05, 4.69) is 0 Å². The Morgan fingerprint density at radius 3 is 1.10 bits per heavy atom. The molecule has 0 unspecified atom stereocenters. The van der Waals surface area contributed by atoms with Gasteiger partial charge in [-0.3, -0.25) is 0 Å². The summed E-state index contributed by atoms with van der Waals surface area (Å²) in [6.07, 6.45) is 12.0. The summed E-state index contributed by atoms with van der Waals surface area (Å²) in [5.41, 5.74) is 0. The van der Waals surface area contributed by atoms with Crippen molar-refractivity contribution in [2.75, 3.05) is 0 Å². The molecular formula is C8H12Ar2. The first-order valence-electron chi connectivity index (χ1n) is 2.82. The van der Waals surface area contributed by atoms with Gasteiger partial charge in [0.05, 0.1) is 0 Å². The van der Waals surface area contributed by atoms with Gasteiger partial charge in [-0.15, -0.1) is 0 Å². The fourth-order valence-electron chi connectivity index (χ4n) is 0.351. The fraction of sp³-hybridized carbons (Fsp3) is 0.250. The van der Waals surface area contributed by atoms with Gasteiger partial charge in [-0.1, -0.05) is 36.5 Å². The zero-order valence-electron chi connectivity index (χ0n) is 6.17. The van der Waals surface area contributed by atoms with E-state index in [4.69, 9.17) is 0 Å². The molecule has 0 radical (unpaired) electrons. The summed E-state index contributed by atoms with van der Waals surface area (Å²) in [7, 11) is 0. The van der Waals surface area contributed by atoms with Crippen LogP contribution in [0.15, 0.2) is 36.5 Å². The molecule has 0 aliphatic carbocycles. The van der Waals surface area contributed by atoms with Crippen LogP contribution in [-0.4, -0.2) is 0 Å². The quantitative estimate of drug-likeness (QED) is 0.584. The largest absolute Gasteiger partial charge is 0.0877 e. The fourth-order valence-corrected chi connectivity index (χ4v) is 0.351. The summed E-state index contributed by atoms with van der Waals surface area (Å²) < 4.78 is 0. The average Bonchev–Trinajstić information content (AvgIpc) is 1.81. The van der Waals surface area contributed by atoms with Crippen molar-refractivity contribution < 1.29 is 75.5 Å². The van der Waals surface area contributed by atoms with Gasteiger partial charge in [-0.05, 0) is 13.8 Å². The van der Waals surface area contributed by atoms with Crippen LogP contribution < -0.4 is 0 Å². The Balaban J connectivity index is -0.000000245. The van der Waals surface area contributed by atoms with E-state index < -0.39 is 0 Å². The van der Waals surface area contributed by atoms with E-state index >= 15 is 0 Å². The first-order chi connectivity index (χ1) is 3.91. The van der Waals surface area contributed by atoms with Gasteiger partial charge in [0.1, 0.15) is 0 Å². The maximum Gasteiger partial charge on any atom is 0 e. The Morgan fingerprint density at radius 1 is 0.600 bits per heavy atom. The molecule has 2 heteroatoms. The van der Waals surface area contributed by atoms with E-state index in [1.54, 1.807) is 0 Å². The molecule has 0 aliphatic rings. The Kier molecular flexibility index (Phi) is 30.1. The third-order valence-electron chi connectivity index (χ3n) is 0.718. The summed E-state index contributed by atoms with van der Waals surface area (Å²) in [4.78, 5) is 0. The molecule has 60 valence electrons. The minimum absolute atomic E-state index is 0. The van der Waals surface area contributed by atoms with Gasteiger partial charge in [0, 0.05) is 75.5 Å². The van der Waals surface area contributed by atoms with Crippen molar-refractivity contribution >= 4 is 0 Å². The second kappa shape index (κ2) is 17.0. The third kappa shape index (κ3) is 16.4. The van der Waals surface area contributed by atoms with Crippen LogP contribution >= 0.6 is 0 Å². The molecule has 0 fully saturated rings. The molecule has 0 saturated heterocycles. The van der Waals surface area contributed by atoms with E-state index in [0.29, 0.717) is 0 Å². The zero-order valence-corrected chi connectivity index (χ0v) is 7.59. The van der Waals surface area contributed by atoms with Gasteiger partial charge in [-0.25, -0.2) is 0 Å². The maximum absolute atomic E-state index is 2.00. The van der Waals surface area contributed by atoms with E-state index in [0.717, 1.165) is 0 Å². The number of hydrogen-bond acceptors (Lipinski definition) is 0. The first kappa shape index (κ1) is 17.7. The van der Waals surface area contributed by atoms with Crippen LogP contribution in [0.2, 0.25) is 0 Å². The van der Waals surface area contributed by atoms with Crippen molar-refractivity contribution in [2.45, 2.75) is 13.8 Å². The molecule has 0 aromatic heterocycles. The van der Waals surface area contributed by atoms with Crippen LogP contribution in [0, 0.1) is 75.5 Å². The zero-order chi connectivity index (χ0) is 6.24. The van der Waals surface area contributed by atoms with Crippen LogP contribution in [0.5, 0.6) is 0 Å². The molecular weight excluding hydrogens is 176 g/mol. The Morgan fingerprint density at radius 2 is 0.900 bits per heavy atom. The van der Waals surface area contributed by atoms with Crippen LogP contribution in [0.25, 0.3) is 0 Å². The molecule has 0 aromatic rings. The Labute approximate surface area is 123 Å². The molecule has 0 saturated carbocycles. The van der Waals surface area contributed by atoms with Crippen molar-refractivity contribution in [3.8, 4) is 0 Å². The predicted octanol–water partition coefficient (Wildman–Crippen LogP) is 2.69. The van der Waals surface area contributed by atoms with Crippen LogP contribution in [-0.2, 0) is 0 Å². The molecule has 0 spiro atoms. The van der Waals surface area contributed by atoms with Gasteiger partial charge in [0.15, 0.2) is 0 Å². The summed E-state index contributed by atoms with van der Waals surface area (Å²) in [6.45, 7) is 4.00. The van der Waals surface area contributed by atoms with Crippen LogP contribution in [0.1, 0.15) is 13.8 Å². The SMILES string of the molecule is C\C=C/C=C/C=C\C.[Ar].[Ar]. The second-order valence-electron chi connectivity index (χ2n) is 1.44. The normalized spacial score (nSPS) is 10.2. The summed E-state index contributed by atoms with van der Waals surface area (Å²) in [5.74, 6) is 0. The maximum atomic E-state index is 2.00.